The largest absolute Gasteiger partial charge is 0.416 e. The monoisotopic (exact) mass is 635 g/mol. The summed E-state index contributed by atoms with van der Waals surface area (Å²) < 4.78 is 51.0. The van der Waals surface area contributed by atoms with Crippen LogP contribution in [0, 0.1) is 5.41 Å². The summed E-state index contributed by atoms with van der Waals surface area (Å²) in [7, 11) is 1.93. The molecule has 46 heavy (non-hydrogen) atoms. The van der Waals surface area contributed by atoms with Crippen LogP contribution in [0.15, 0.2) is 30.6 Å². The maximum absolute atomic E-state index is 14.5. The van der Waals surface area contributed by atoms with Crippen LogP contribution in [-0.4, -0.2) is 50.5 Å². The molecule has 8 rings (SSSR count). The first-order valence-electron chi connectivity index (χ1n) is 16.5. The summed E-state index contributed by atoms with van der Waals surface area (Å²) in [5.41, 5.74) is 0.252. The van der Waals surface area contributed by atoms with E-state index < -0.39 is 23.1 Å². The number of pyridine rings is 1. The van der Waals surface area contributed by atoms with Crippen LogP contribution in [0.2, 0.25) is 0 Å². The molecule has 9 nitrogen and oxygen atoms in total. The predicted molar refractivity (Wildman–Crippen MR) is 165 cm³/mol. The summed E-state index contributed by atoms with van der Waals surface area (Å²) in [6.07, 6.45) is 6.09. The van der Waals surface area contributed by atoms with Gasteiger partial charge in [-0.3, -0.25) is 9.69 Å². The molecule has 1 saturated heterocycles. The first-order chi connectivity index (χ1) is 22.0. The number of benzene rings is 1. The average Bonchev–Trinajstić information content (AvgIpc) is 3.70. The third-order valence-electron chi connectivity index (χ3n) is 11.2. The van der Waals surface area contributed by atoms with Crippen molar-refractivity contribution in [2.24, 2.45) is 12.5 Å². The molecule has 2 aliphatic heterocycles. The number of nitrogens with zero attached hydrogens (tertiary/aromatic N) is 5. The first-order valence-corrected chi connectivity index (χ1v) is 16.5. The zero-order chi connectivity index (χ0) is 31.9. The summed E-state index contributed by atoms with van der Waals surface area (Å²) in [5.74, 6) is 1.34. The van der Waals surface area contributed by atoms with Gasteiger partial charge in [-0.25, -0.2) is 4.98 Å². The number of aryl methyl sites for hydroxylation is 1. The van der Waals surface area contributed by atoms with E-state index in [1.165, 1.54) is 11.0 Å². The van der Waals surface area contributed by atoms with Gasteiger partial charge in [0, 0.05) is 36.2 Å². The van der Waals surface area contributed by atoms with Gasteiger partial charge in [-0.15, -0.1) is 10.2 Å². The highest BCUT2D eigenvalue weighted by Gasteiger charge is 2.62. The molecule has 5 aliphatic rings. The van der Waals surface area contributed by atoms with Crippen molar-refractivity contribution in [1.29, 1.82) is 0 Å². The second kappa shape index (κ2) is 10.5. The number of rotatable bonds is 8. The Labute approximate surface area is 266 Å². The van der Waals surface area contributed by atoms with Gasteiger partial charge < -0.3 is 19.9 Å². The SMILES string of the molecule is Cn1cnnc1C1(c2cc(NC3CCCC3)nc(N3Cc4c(cc(CNC5(C)CCC5)cc4C(F)(F)F)C3=O)c2)CC2(COC2)C1. The fraction of sp³-hybridized carbons (Fsp3) is 0.588. The predicted octanol–water partition coefficient (Wildman–Crippen LogP) is 5.87. The standard InChI is InChI=1S/C34H40F3N7O2/c1-31(8-5-9-31)38-14-21-10-24-25(26(11-21)34(35,36)37)15-44(29(24)45)28-13-22(12-27(41-28)40-23-6-3-4-7-23)33(30-42-39-20-43(30)2)16-32(17-33)18-46-19-32/h10-13,20,23,38H,3-9,14-19H2,1-2H3,(H,40,41). The Kier molecular flexibility index (Phi) is 6.82. The Hall–Kier alpha value is -3.51. The van der Waals surface area contributed by atoms with Gasteiger partial charge in [-0.1, -0.05) is 12.8 Å². The van der Waals surface area contributed by atoms with E-state index >= 15 is 0 Å². The highest BCUT2D eigenvalue weighted by atomic mass is 19.4. The molecule has 1 aromatic carbocycles. The van der Waals surface area contributed by atoms with Crippen molar-refractivity contribution < 1.29 is 22.7 Å². The Balaban J connectivity index is 1.19. The molecular formula is C34H40F3N7O2. The molecule has 244 valence electrons. The zero-order valence-corrected chi connectivity index (χ0v) is 26.3. The number of halogens is 3. The minimum Gasteiger partial charge on any atom is -0.380 e. The Morgan fingerprint density at radius 3 is 2.43 bits per heavy atom. The fourth-order valence-corrected chi connectivity index (χ4v) is 8.52. The summed E-state index contributed by atoms with van der Waals surface area (Å²) in [5, 5.41) is 15.7. The number of hydrogen-bond donors (Lipinski definition) is 2. The number of alkyl halides is 3. The molecule has 0 radical (unpaired) electrons. The highest BCUT2D eigenvalue weighted by Crippen LogP contribution is 2.62. The quantitative estimate of drug-likeness (QED) is 0.320. The van der Waals surface area contributed by atoms with E-state index in [0.717, 1.165) is 69.2 Å². The van der Waals surface area contributed by atoms with Crippen LogP contribution in [0.25, 0.3) is 0 Å². The van der Waals surface area contributed by atoms with Gasteiger partial charge in [-0.2, -0.15) is 13.2 Å². The molecule has 3 saturated carbocycles. The van der Waals surface area contributed by atoms with Crippen LogP contribution in [0.4, 0.5) is 24.8 Å². The second-order valence-corrected chi connectivity index (χ2v) is 14.7. The molecule has 0 unspecified atom stereocenters. The molecule has 1 amide bonds. The number of aromatic nitrogens is 4. The minimum absolute atomic E-state index is 0.00541. The molecule has 2 N–H and O–H groups in total. The lowest BCUT2D eigenvalue weighted by atomic mass is 9.49. The average molecular weight is 636 g/mol. The van der Waals surface area contributed by atoms with E-state index in [1.54, 1.807) is 12.4 Å². The number of hydrogen-bond acceptors (Lipinski definition) is 7. The first kappa shape index (κ1) is 29.9. The van der Waals surface area contributed by atoms with Crippen LogP contribution < -0.4 is 15.5 Å². The van der Waals surface area contributed by atoms with E-state index in [0.29, 0.717) is 30.4 Å². The Morgan fingerprint density at radius 2 is 1.83 bits per heavy atom. The normalized spacial score (nSPS) is 22.8. The van der Waals surface area contributed by atoms with Crippen LogP contribution in [0.3, 0.4) is 0 Å². The molecular weight excluding hydrogens is 595 g/mol. The zero-order valence-electron chi connectivity index (χ0n) is 26.3. The third-order valence-corrected chi connectivity index (χ3v) is 11.2. The van der Waals surface area contributed by atoms with Gasteiger partial charge in [0.25, 0.3) is 5.91 Å². The van der Waals surface area contributed by atoms with Gasteiger partial charge >= 0.3 is 6.18 Å². The van der Waals surface area contributed by atoms with Gasteiger partial charge in [0.15, 0.2) is 0 Å². The van der Waals surface area contributed by atoms with Gasteiger partial charge in [-0.05, 0) is 92.8 Å². The van der Waals surface area contributed by atoms with Crippen LogP contribution in [-0.2, 0) is 36.5 Å². The van der Waals surface area contributed by atoms with Crippen molar-refractivity contribution in [3.63, 3.8) is 0 Å². The number of fused-ring (bicyclic) bond motifs is 1. The molecule has 1 spiro atoms. The summed E-state index contributed by atoms with van der Waals surface area (Å²) in [4.78, 5) is 20.4. The Morgan fingerprint density at radius 1 is 1.07 bits per heavy atom. The van der Waals surface area contributed by atoms with Crippen molar-refractivity contribution in [3.05, 3.63) is 64.2 Å². The number of ether oxygens (including phenoxy) is 1. The van der Waals surface area contributed by atoms with Crippen molar-refractivity contribution in [2.75, 3.05) is 23.4 Å². The smallest absolute Gasteiger partial charge is 0.380 e. The van der Waals surface area contributed by atoms with Gasteiger partial charge in [0.2, 0.25) is 0 Å². The van der Waals surface area contributed by atoms with Crippen LogP contribution >= 0.6 is 0 Å². The molecule has 0 bridgehead atoms. The number of carbonyl (C=O) groups excluding carboxylic acids is 1. The van der Waals surface area contributed by atoms with Gasteiger partial charge in [0.05, 0.1) is 30.7 Å². The maximum atomic E-state index is 14.5. The molecule has 4 heterocycles. The lowest BCUT2D eigenvalue weighted by molar-refractivity contribution is -0.182. The number of nitrogens with one attached hydrogen (secondary N) is 2. The van der Waals surface area contributed by atoms with E-state index in [4.69, 9.17) is 9.72 Å². The molecule has 12 heteroatoms. The third kappa shape index (κ3) is 4.90. The summed E-state index contributed by atoms with van der Waals surface area (Å²) in [6.45, 7) is 3.55. The number of amides is 1. The van der Waals surface area contributed by atoms with Crippen LogP contribution in [0.1, 0.15) is 103 Å². The van der Waals surface area contributed by atoms with Crippen molar-refractivity contribution in [2.45, 2.75) is 101 Å². The van der Waals surface area contributed by atoms with Gasteiger partial charge in [0.1, 0.15) is 23.8 Å². The lowest BCUT2D eigenvalue weighted by Crippen LogP contribution is -2.60. The Bertz CT molecular complexity index is 1680. The van der Waals surface area contributed by atoms with Crippen molar-refractivity contribution in [1.82, 2.24) is 25.1 Å². The van der Waals surface area contributed by atoms with E-state index in [1.807, 2.05) is 23.7 Å². The summed E-state index contributed by atoms with van der Waals surface area (Å²) >= 11 is 0. The second-order valence-electron chi connectivity index (χ2n) is 14.7. The van der Waals surface area contributed by atoms with Crippen molar-refractivity contribution in [3.8, 4) is 0 Å². The van der Waals surface area contributed by atoms with E-state index in [9.17, 15) is 18.0 Å². The van der Waals surface area contributed by atoms with Crippen molar-refractivity contribution >= 4 is 17.5 Å². The molecule has 3 aromatic rings. The molecule has 0 atom stereocenters. The molecule has 2 aromatic heterocycles. The fourth-order valence-electron chi connectivity index (χ4n) is 8.52. The maximum Gasteiger partial charge on any atom is 0.416 e. The molecule has 3 aliphatic carbocycles. The topological polar surface area (TPSA) is 97.2 Å². The number of carbonyl (C=O) groups is 1. The number of anilines is 2. The molecule has 4 fully saturated rings. The van der Waals surface area contributed by atoms with Crippen LogP contribution in [0.5, 0.6) is 0 Å². The minimum atomic E-state index is -4.60. The van der Waals surface area contributed by atoms with E-state index in [2.05, 4.69) is 27.8 Å². The summed E-state index contributed by atoms with van der Waals surface area (Å²) in [6, 6.07) is 7.03. The van der Waals surface area contributed by atoms with E-state index in [-0.39, 0.29) is 41.2 Å². The highest BCUT2D eigenvalue weighted by molar-refractivity contribution is 6.10. The lowest BCUT2D eigenvalue weighted by Gasteiger charge is -2.59.